The van der Waals surface area contributed by atoms with Crippen molar-refractivity contribution in [3.8, 4) is 0 Å². The lowest BCUT2D eigenvalue weighted by molar-refractivity contribution is -0.353. The van der Waals surface area contributed by atoms with Crippen LogP contribution < -0.4 is 0 Å². The van der Waals surface area contributed by atoms with Gasteiger partial charge in [0.25, 0.3) is 0 Å². The first-order valence-corrected chi connectivity index (χ1v) is 8.95. The molecule has 0 aliphatic carbocycles. The van der Waals surface area contributed by atoms with Crippen LogP contribution in [-0.2, 0) is 33.6 Å². The molecular weight excluding hydrogens is 400 g/mol. The lowest BCUT2D eigenvalue weighted by Gasteiger charge is -2.44. The van der Waals surface area contributed by atoms with Crippen molar-refractivity contribution in [1.82, 2.24) is 0 Å². The summed E-state index contributed by atoms with van der Waals surface area (Å²) in [6.07, 6.45) is -18.6. The standard InChI is InChI=1S/C12H20O14S/c1-2-7(26-27(20,21)22)6(16)9(11(19)23-2)25-12-5(15)3(13)4(14)8(24-12)10(17)18/h2-9,11-16,19H,1H3,(H,17,18)(H,20,21,22)/t2-,3-,4-,5+,6+,7+,8-,9-,11?,12+/m0/s1. The molecule has 0 aromatic carbocycles. The molecule has 1 unspecified atom stereocenters. The summed E-state index contributed by atoms with van der Waals surface area (Å²) in [5, 5.41) is 58.3. The van der Waals surface area contributed by atoms with Crippen LogP contribution in [0, 0.1) is 0 Å². The number of aliphatic hydroxyl groups is 5. The van der Waals surface area contributed by atoms with Crippen molar-refractivity contribution in [2.24, 2.45) is 0 Å². The number of carboxylic acid groups (broad SMARTS) is 1. The molecule has 27 heavy (non-hydrogen) atoms. The van der Waals surface area contributed by atoms with E-state index in [4.69, 9.17) is 23.9 Å². The first kappa shape index (κ1) is 22.3. The fraction of sp³-hybridized carbons (Fsp3) is 0.917. The summed E-state index contributed by atoms with van der Waals surface area (Å²) >= 11 is 0. The van der Waals surface area contributed by atoms with Gasteiger partial charge in [-0.2, -0.15) is 8.42 Å². The maximum absolute atomic E-state index is 11.1. The Balaban J connectivity index is 2.19. The van der Waals surface area contributed by atoms with Crippen molar-refractivity contribution in [2.75, 3.05) is 0 Å². The van der Waals surface area contributed by atoms with Gasteiger partial charge in [-0.15, -0.1) is 0 Å². The smallest absolute Gasteiger partial charge is 0.397 e. The number of hydrogen-bond acceptors (Lipinski definition) is 12. The monoisotopic (exact) mass is 420 g/mol. The zero-order chi connectivity index (χ0) is 20.7. The molecule has 2 rings (SSSR count). The number of aliphatic carboxylic acids is 1. The molecule has 14 nitrogen and oxygen atoms in total. The van der Waals surface area contributed by atoms with E-state index in [-0.39, 0.29) is 0 Å². The van der Waals surface area contributed by atoms with E-state index in [0.717, 1.165) is 0 Å². The van der Waals surface area contributed by atoms with E-state index in [1.54, 1.807) is 0 Å². The molecular formula is C12H20O14S. The summed E-state index contributed by atoms with van der Waals surface area (Å²) in [6, 6.07) is 0. The number of hydrogen-bond donors (Lipinski definition) is 7. The summed E-state index contributed by atoms with van der Waals surface area (Å²) in [4.78, 5) is 11.1. The van der Waals surface area contributed by atoms with E-state index in [1.807, 2.05) is 0 Å². The highest BCUT2D eigenvalue weighted by molar-refractivity contribution is 7.80. The SMILES string of the molecule is C[C@@H]1OC(O)[C@@H](O[C@H]2O[C@H](C(=O)O)[C@@H](O)[C@H](O)[C@H]2O)[C@H](O)[C@@H]1OS(=O)(=O)O. The molecule has 2 heterocycles. The second-order valence-corrected chi connectivity index (χ2v) is 7.09. The molecule has 0 bridgehead atoms. The number of aliphatic hydroxyl groups excluding tert-OH is 5. The van der Waals surface area contributed by atoms with Gasteiger partial charge in [-0.05, 0) is 6.92 Å². The van der Waals surface area contributed by atoms with Crippen molar-refractivity contribution in [2.45, 2.75) is 68.3 Å². The molecule has 2 aliphatic heterocycles. The van der Waals surface area contributed by atoms with E-state index < -0.39 is 77.8 Å². The third kappa shape index (κ3) is 4.90. The summed E-state index contributed by atoms with van der Waals surface area (Å²) in [5.74, 6) is -1.69. The maximum Gasteiger partial charge on any atom is 0.397 e. The summed E-state index contributed by atoms with van der Waals surface area (Å²) < 4.78 is 49.7. The zero-order valence-electron chi connectivity index (χ0n) is 13.7. The van der Waals surface area contributed by atoms with Gasteiger partial charge in [0.2, 0.25) is 0 Å². The van der Waals surface area contributed by atoms with Crippen LogP contribution in [0.1, 0.15) is 6.92 Å². The van der Waals surface area contributed by atoms with Crippen LogP contribution in [0.4, 0.5) is 0 Å². The molecule has 0 aromatic rings. The van der Waals surface area contributed by atoms with Crippen molar-refractivity contribution in [3.05, 3.63) is 0 Å². The molecule has 2 fully saturated rings. The minimum absolute atomic E-state index is 1.21. The minimum atomic E-state index is -5.02. The van der Waals surface area contributed by atoms with Crippen LogP contribution >= 0.6 is 0 Å². The summed E-state index contributed by atoms with van der Waals surface area (Å²) in [7, 11) is -5.02. The molecule has 0 radical (unpaired) electrons. The van der Waals surface area contributed by atoms with Crippen molar-refractivity contribution in [1.29, 1.82) is 0 Å². The third-order valence-corrected chi connectivity index (χ3v) is 4.57. The van der Waals surface area contributed by atoms with Crippen LogP contribution in [0.25, 0.3) is 0 Å². The summed E-state index contributed by atoms with van der Waals surface area (Å²) in [6.45, 7) is 1.21. The molecule has 2 aliphatic rings. The van der Waals surface area contributed by atoms with Crippen molar-refractivity contribution < 1.29 is 66.8 Å². The van der Waals surface area contributed by atoms with Gasteiger partial charge in [0.1, 0.15) is 36.6 Å². The molecule has 10 atom stereocenters. The Labute approximate surface area is 152 Å². The first-order chi connectivity index (χ1) is 12.3. The van der Waals surface area contributed by atoms with Gasteiger partial charge in [-0.3, -0.25) is 4.55 Å². The average molecular weight is 420 g/mol. The van der Waals surface area contributed by atoms with E-state index in [9.17, 15) is 38.7 Å². The van der Waals surface area contributed by atoms with E-state index in [2.05, 4.69) is 4.18 Å². The van der Waals surface area contributed by atoms with Gasteiger partial charge in [0.15, 0.2) is 18.7 Å². The Morgan fingerprint density at radius 3 is 2.04 bits per heavy atom. The highest BCUT2D eigenvalue weighted by Gasteiger charge is 2.52. The molecule has 0 saturated carbocycles. The van der Waals surface area contributed by atoms with Crippen LogP contribution in [0.15, 0.2) is 0 Å². The quantitative estimate of drug-likeness (QED) is 0.208. The highest BCUT2D eigenvalue weighted by Crippen LogP contribution is 2.30. The van der Waals surface area contributed by atoms with E-state index in [1.165, 1.54) is 6.92 Å². The topological polar surface area (TPSA) is 230 Å². The maximum atomic E-state index is 11.1. The van der Waals surface area contributed by atoms with E-state index in [0.29, 0.717) is 0 Å². The Kier molecular flexibility index (Phi) is 6.76. The normalized spacial score (nSPS) is 46.2. The molecule has 15 heteroatoms. The lowest BCUT2D eigenvalue weighted by atomic mass is 9.97. The van der Waals surface area contributed by atoms with E-state index >= 15 is 0 Å². The zero-order valence-corrected chi connectivity index (χ0v) is 14.5. The molecule has 0 aromatic heterocycles. The van der Waals surface area contributed by atoms with Gasteiger partial charge in [0, 0.05) is 0 Å². The Hall–Kier alpha value is -0.980. The van der Waals surface area contributed by atoms with Crippen LogP contribution in [-0.4, -0.2) is 111 Å². The van der Waals surface area contributed by atoms with Crippen LogP contribution in [0.5, 0.6) is 0 Å². The minimum Gasteiger partial charge on any atom is -0.479 e. The predicted molar refractivity (Wildman–Crippen MR) is 78.2 cm³/mol. The fourth-order valence-corrected chi connectivity index (χ4v) is 3.30. The molecule has 0 spiro atoms. The molecule has 7 N–H and O–H groups in total. The number of carboxylic acids is 1. The van der Waals surface area contributed by atoms with Crippen LogP contribution in [0.3, 0.4) is 0 Å². The van der Waals surface area contributed by atoms with Crippen molar-refractivity contribution in [3.63, 3.8) is 0 Å². The van der Waals surface area contributed by atoms with Gasteiger partial charge in [-0.1, -0.05) is 0 Å². The molecule has 158 valence electrons. The predicted octanol–water partition coefficient (Wildman–Crippen LogP) is -4.45. The molecule has 2 saturated heterocycles. The fourth-order valence-electron chi connectivity index (χ4n) is 2.75. The van der Waals surface area contributed by atoms with Crippen molar-refractivity contribution >= 4 is 16.4 Å². The second kappa shape index (κ2) is 8.18. The largest absolute Gasteiger partial charge is 0.479 e. The number of carbonyl (C=O) groups is 1. The van der Waals surface area contributed by atoms with Gasteiger partial charge in [-0.25, -0.2) is 8.98 Å². The Morgan fingerprint density at radius 2 is 1.52 bits per heavy atom. The third-order valence-electron chi connectivity index (χ3n) is 4.11. The highest BCUT2D eigenvalue weighted by atomic mass is 32.3. The molecule has 0 amide bonds. The Bertz CT molecular complexity index is 638. The van der Waals surface area contributed by atoms with Gasteiger partial charge < -0.3 is 44.8 Å². The van der Waals surface area contributed by atoms with Crippen LogP contribution in [0.2, 0.25) is 0 Å². The first-order valence-electron chi connectivity index (χ1n) is 7.58. The average Bonchev–Trinajstić information content (AvgIpc) is 2.54. The second-order valence-electron chi connectivity index (χ2n) is 6.05. The summed E-state index contributed by atoms with van der Waals surface area (Å²) in [5.41, 5.74) is 0. The van der Waals surface area contributed by atoms with Gasteiger partial charge >= 0.3 is 16.4 Å². The number of rotatable bonds is 5. The lowest BCUT2D eigenvalue weighted by Crippen LogP contribution is -2.64. The Morgan fingerprint density at radius 1 is 0.926 bits per heavy atom. The van der Waals surface area contributed by atoms with Gasteiger partial charge in [0.05, 0.1) is 6.10 Å². The number of ether oxygens (including phenoxy) is 3.